The van der Waals surface area contributed by atoms with E-state index in [1.807, 2.05) is 44.5 Å². The van der Waals surface area contributed by atoms with E-state index in [4.69, 9.17) is 4.74 Å². The van der Waals surface area contributed by atoms with Crippen molar-refractivity contribution in [1.29, 1.82) is 0 Å². The van der Waals surface area contributed by atoms with E-state index in [1.165, 1.54) is 5.56 Å². The molecule has 7 heteroatoms. The minimum atomic E-state index is -0.219. The van der Waals surface area contributed by atoms with Crippen LogP contribution in [-0.4, -0.2) is 25.5 Å². The van der Waals surface area contributed by atoms with Crippen LogP contribution in [0.15, 0.2) is 36.7 Å². The molecule has 0 saturated heterocycles. The van der Waals surface area contributed by atoms with Crippen molar-refractivity contribution >= 4 is 5.91 Å². The average molecular weight is 367 g/mol. The van der Waals surface area contributed by atoms with Gasteiger partial charge in [-0.3, -0.25) is 9.48 Å². The number of hydrogen-bond donors (Lipinski definition) is 1. The standard InChI is InChI=1S/C20H25N5O2/c1-5-25-16(4)17(12-22-25)11-21-20(26)18-8-9-24(23-18)13-27-19-7-6-14(2)10-15(19)3/h6-10,12H,5,11,13H2,1-4H3,(H,21,26). The normalized spacial score (nSPS) is 10.8. The van der Waals surface area contributed by atoms with Gasteiger partial charge in [0.1, 0.15) is 11.4 Å². The molecule has 0 spiro atoms. The van der Waals surface area contributed by atoms with Crippen LogP contribution in [0, 0.1) is 20.8 Å². The lowest BCUT2D eigenvalue weighted by Gasteiger charge is -2.09. The Morgan fingerprint density at radius 2 is 2.04 bits per heavy atom. The number of nitrogens with zero attached hydrogens (tertiary/aromatic N) is 4. The Bertz CT molecular complexity index is 942. The molecule has 27 heavy (non-hydrogen) atoms. The number of amides is 1. The summed E-state index contributed by atoms with van der Waals surface area (Å²) in [7, 11) is 0. The third-order valence-electron chi connectivity index (χ3n) is 4.50. The molecular weight excluding hydrogens is 342 g/mol. The molecule has 1 amide bonds. The predicted molar refractivity (Wildman–Crippen MR) is 103 cm³/mol. The first-order valence-corrected chi connectivity index (χ1v) is 9.01. The van der Waals surface area contributed by atoms with E-state index in [1.54, 1.807) is 23.1 Å². The lowest BCUT2D eigenvalue weighted by atomic mass is 10.1. The van der Waals surface area contributed by atoms with Crippen LogP contribution >= 0.6 is 0 Å². The molecule has 3 rings (SSSR count). The highest BCUT2D eigenvalue weighted by molar-refractivity contribution is 5.92. The summed E-state index contributed by atoms with van der Waals surface area (Å²) in [6, 6.07) is 7.70. The summed E-state index contributed by atoms with van der Waals surface area (Å²) in [5.74, 6) is 0.592. The van der Waals surface area contributed by atoms with Crippen molar-refractivity contribution in [3.8, 4) is 5.75 Å². The zero-order valence-electron chi connectivity index (χ0n) is 16.2. The van der Waals surface area contributed by atoms with Crippen LogP contribution in [0.4, 0.5) is 0 Å². The number of aryl methyl sites for hydroxylation is 3. The molecule has 7 nitrogen and oxygen atoms in total. The van der Waals surface area contributed by atoms with Crippen LogP contribution in [0.3, 0.4) is 0 Å². The summed E-state index contributed by atoms with van der Waals surface area (Å²) in [5.41, 5.74) is 4.69. The maximum Gasteiger partial charge on any atom is 0.272 e. The quantitative estimate of drug-likeness (QED) is 0.697. The van der Waals surface area contributed by atoms with Gasteiger partial charge in [-0.2, -0.15) is 10.2 Å². The summed E-state index contributed by atoms with van der Waals surface area (Å²) in [6.07, 6.45) is 3.52. The molecule has 0 aliphatic carbocycles. The van der Waals surface area contributed by atoms with Crippen molar-refractivity contribution in [2.45, 2.75) is 47.5 Å². The van der Waals surface area contributed by atoms with Crippen molar-refractivity contribution in [1.82, 2.24) is 24.9 Å². The summed E-state index contributed by atoms with van der Waals surface area (Å²) < 4.78 is 9.30. The molecule has 0 bridgehead atoms. The summed E-state index contributed by atoms with van der Waals surface area (Å²) in [5, 5.41) is 11.5. The van der Waals surface area contributed by atoms with Gasteiger partial charge in [-0.25, -0.2) is 4.68 Å². The molecule has 142 valence electrons. The van der Waals surface area contributed by atoms with E-state index in [0.717, 1.165) is 29.1 Å². The second kappa shape index (κ2) is 8.07. The van der Waals surface area contributed by atoms with E-state index in [2.05, 4.69) is 21.6 Å². The number of rotatable bonds is 7. The van der Waals surface area contributed by atoms with Gasteiger partial charge in [0.2, 0.25) is 0 Å². The highest BCUT2D eigenvalue weighted by atomic mass is 16.5. The first-order valence-electron chi connectivity index (χ1n) is 9.01. The molecule has 2 heterocycles. The van der Waals surface area contributed by atoms with Crippen LogP contribution in [0.5, 0.6) is 5.75 Å². The largest absolute Gasteiger partial charge is 0.471 e. The van der Waals surface area contributed by atoms with Crippen LogP contribution in [0.1, 0.15) is 39.8 Å². The monoisotopic (exact) mass is 367 g/mol. The zero-order chi connectivity index (χ0) is 19.4. The molecule has 1 N–H and O–H groups in total. The number of aromatic nitrogens is 4. The van der Waals surface area contributed by atoms with Gasteiger partial charge in [-0.15, -0.1) is 0 Å². The van der Waals surface area contributed by atoms with Crippen molar-refractivity contribution in [3.05, 3.63) is 64.7 Å². The van der Waals surface area contributed by atoms with Gasteiger partial charge < -0.3 is 10.1 Å². The van der Waals surface area contributed by atoms with E-state index in [0.29, 0.717) is 12.2 Å². The number of benzene rings is 1. The first kappa shape index (κ1) is 18.7. The molecule has 3 aromatic rings. The fraction of sp³-hybridized carbons (Fsp3) is 0.350. The molecule has 0 fully saturated rings. The Kier molecular flexibility index (Phi) is 5.59. The zero-order valence-corrected chi connectivity index (χ0v) is 16.2. The molecule has 0 aliphatic heterocycles. The fourth-order valence-electron chi connectivity index (χ4n) is 2.90. The van der Waals surface area contributed by atoms with Crippen molar-refractivity contribution in [2.24, 2.45) is 0 Å². The molecule has 0 unspecified atom stereocenters. The van der Waals surface area contributed by atoms with E-state index < -0.39 is 0 Å². The Balaban J connectivity index is 1.56. The molecule has 0 aliphatic rings. The van der Waals surface area contributed by atoms with E-state index in [9.17, 15) is 4.79 Å². The highest BCUT2D eigenvalue weighted by Gasteiger charge is 2.12. The third-order valence-corrected chi connectivity index (χ3v) is 4.50. The maximum absolute atomic E-state index is 12.3. The predicted octanol–water partition coefficient (Wildman–Crippen LogP) is 2.99. The van der Waals surface area contributed by atoms with Crippen molar-refractivity contribution < 1.29 is 9.53 Å². The van der Waals surface area contributed by atoms with Crippen LogP contribution in [0.2, 0.25) is 0 Å². The van der Waals surface area contributed by atoms with Gasteiger partial charge in [-0.05, 0) is 45.4 Å². The van der Waals surface area contributed by atoms with E-state index >= 15 is 0 Å². The lowest BCUT2D eigenvalue weighted by molar-refractivity contribution is 0.0943. The van der Waals surface area contributed by atoms with Crippen LogP contribution in [0.25, 0.3) is 0 Å². The van der Waals surface area contributed by atoms with Gasteiger partial charge in [-0.1, -0.05) is 17.7 Å². The number of carbonyl (C=O) groups excluding carboxylic acids is 1. The molecule has 0 atom stereocenters. The van der Waals surface area contributed by atoms with Crippen LogP contribution in [-0.2, 0) is 19.8 Å². The second-order valence-electron chi connectivity index (χ2n) is 6.54. The average Bonchev–Trinajstić information content (AvgIpc) is 3.26. The summed E-state index contributed by atoms with van der Waals surface area (Å²) in [4.78, 5) is 12.3. The Morgan fingerprint density at radius 1 is 1.22 bits per heavy atom. The first-order chi connectivity index (χ1) is 13.0. The SMILES string of the molecule is CCn1ncc(CNC(=O)c2ccn(COc3ccc(C)cc3C)n2)c1C. The molecule has 2 aromatic heterocycles. The minimum Gasteiger partial charge on any atom is -0.471 e. The maximum atomic E-state index is 12.3. The van der Waals surface area contributed by atoms with Crippen molar-refractivity contribution in [3.63, 3.8) is 0 Å². The fourth-order valence-corrected chi connectivity index (χ4v) is 2.90. The topological polar surface area (TPSA) is 74.0 Å². The number of nitrogens with one attached hydrogen (secondary N) is 1. The third kappa shape index (κ3) is 4.36. The van der Waals surface area contributed by atoms with Gasteiger partial charge >= 0.3 is 0 Å². The van der Waals surface area contributed by atoms with Gasteiger partial charge in [0.05, 0.1) is 6.20 Å². The number of ether oxygens (including phenoxy) is 1. The second-order valence-corrected chi connectivity index (χ2v) is 6.54. The molecular formula is C20H25N5O2. The molecule has 0 radical (unpaired) electrons. The number of carbonyl (C=O) groups is 1. The minimum absolute atomic E-state index is 0.219. The van der Waals surface area contributed by atoms with Crippen LogP contribution < -0.4 is 10.1 Å². The Hall–Kier alpha value is -3.09. The summed E-state index contributed by atoms with van der Waals surface area (Å²) >= 11 is 0. The Labute approximate surface area is 159 Å². The summed E-state index contributed by atoms with van der Waals surface area (Å²) in [6.45, 7) is 9.57. The van der Waals surface area contributed by atoms with E-state index in [-0.39, 0.29) is 12.6 Å². The van der Waals surface area contributed by atoms with Gasteiger partial charge in [0.15, 0.2) is 6.73 Å². The molecule has 0 saturated carbocycles. The van der Waals surface area contributed by atoms with Gasteiger partial charge in [0, 0.05) is 30.5 Å². The smallest absolute Gasteiger partial charge is 0.272 e. The van der Waals surface area contributed by atoms with Gasteiger partial charge in [0.25, 0.3) is 5.91 Å². The molecule has 1 aromatic carbocycles. The highest BCUT2D eigenvalue weighted by Crippen LogP contribution is 2.19. The Morgan fingerprint density at radius 3 is 2.74 bits per heavy atom. The lowest BCUT2D eigenvalue weighted by Crippen LogP contribution is -2.24. The number of hydrogen-bond acceptors (Lipinski definition) is 4. The van der Waals surface area contributed by atoms with Crippen molar-refractivity contribution in [2.75, 3.05) is 0 Å².